The summed E-state index contributed by atoms with van der Waals surface area (Å²) in [4.78, 5) is 6.70. The topological polar surface area (TPSA) is 51.4 Å². The molecule has 0 saturated carbocycles. The summed E-state index contributed by atoms with van der Waals surface area (Å²) in [5, 5.41) is 12.3. The number of nitrogens with zero attached hydrogens (tertiary/aromatic N) is 3. The van der Waals surface area contributed by atoms with Gasteiger partial charge in [0.25, 0.3) is 0 Å². The first-order chi connectivity index (χ1) is 9.81. The zero-order valence-electron chi connectivity index (χ0n) is 13.6. The molecule has 21 heavy (non-hydrogen) atoms. The molecule has 4 heteroatoms. The number of hydrogen-bond acceptors (Lipinski definition) is 2. The van der Waals surface area contributed by atoms with Crippen molar-refractivity contribution in [1.29, 1.82) is 5.26 Å². The van der Waals surface area contributed by atoms with E-state index < -0.39 is 0 Å². The van der Waals surface area contributed by atoms with Crippen molar-refractivity contribution in [1.82, 2.24) is 10.2 Å². The fraction of sp³-hybridized carbons (Fsp3) is 0.529. The lowest BCUT2D eigenvalue weighted by Gasteiger charge is -2.62. The second-order valence-electron chi connectivity index (χ2n) is 6.74. The van der Waals surface area contributed by atoms with E-state index in [1.54, 1.807) is 0 Å². The van der Waals surface area contributed by atoms with Gasteiger partial charge < -0.3 is 10.2 Å². The average molecular weight is 284 g/mol. The molecule has 1 fully saturated rings. The van der Waals surface area contributed by atoms with Crippen molar-refractivity contribution in [3.05, 3.63) is 35.4 Å². The third kappa shape index (κ3) is 2.73. The molecule has 1 saturated heterocycles. The molecule has 0 atom stereocenters. The molecule has 0 aromatic heterocycles. The summed E-state index contributed by atoms with van der Waals surface area (Å²) in [6, 6.07) is 9.83. The molecule has 1 aliphatic heterocycles. The lowest BCUT2D eigenvalue weighted by atomic mass is 9.65. The Bertz CT molecular complexity index is 593. The van der Waals surface area contributed by atoms with Crippen molar-refractivity contribution in [3.8, 4) is 6.07 Å². The van der Waals surface area contributed by atoms with Crippen molar-refractivity contribution < 1.29 is 0 Å². The van der Waals surface area contributed by atoms with Gasteiger partial charge in [0.2, 0.25) is 0 Å². The second kappa shape index (κ2) is 5.40. The number of guanidine groups is 1. The SMILES string of the molecule is CN=C(NCc1cccc(C#N)c1)N1CC(C)(C)C1(C)C. The molecule has 1 aliphatic rings. The summed E-state index contributed by atoms with van der Waals surface area (Å²) in [6.07, 6.45) is 0. The first kappa shape index (κ1) is 15.4. The summed E-state index contributed by atoms with van der Waals surface area (Å²) >= 11 is 0. The first-order valence-corrected chi connectivity index (χ1v) is 7.29. The van der Waals surface area contributed by atoms with Crippen LogP contribution in [-0.4, -0.2) is 30.0 Å². The van der Waals surface area contributed by atoms with E-state index in [2.05, 4.69) is 49.0 Å². The van der Waals surface area contributed by atoms with Gasteiger partial charge >= 0.3 is 0 Å². The van der Waals surface area contributed by atoms with Crippen LogP contribution in [0.15, 0.2) is 29.3 Å². The van der Waals surface area contributed by atoms with Crippen LogP contribution < -0.4 is 5.32 Å². The predicted molar refractivity (Wildman–Crippen MR) is 85.9 cm³/mol. The summed E-state index contributed by atoms with van der Waals surface area (Å²) in [6.45, 7) is 10.7. The highest BCUT2D eigenvalue weighted by Crippen LogP contribution is 2.46. The standard InChI is InChI=1S/C17H24N4/c1-16(2)12-21(17(16,3)4)15(19-5)20-11-14-8-6-7-13(9-14)10-18/h6-9H,11-12H2,1-5H3,(H,19,20). The minimum Gasteiger partial charge on any atom is -0.352 e. The number of hydrogen-bond donors (Lipinski definition) is 1. The molecular weight excluding hydrogens is 260 g/mol. The van der Waals surface area contributed by atoms with Crippen LogP contribution in [0.3, 0.4) is 0 Å². The van der Waals surface area contributed by atoms with E-state index >= 15 is 0 Å². The fourth-order valence-corrected chi connectivity index (χ4v) is 2.63. The first-order valence-electron chi connectivity index (χ1n) is 7.29. The number of rotatable bonds is 2. The molecule has 4 nitrogen and oxygen atoms in total. The third-order valence-corrected chi connectivity index (χ3v) is 4.86. The van der Waals surface area contributed by atoms with E-state index in [1.807, 2.05) is 31.3 Å². The second-order valence-corrected chi connectivity index (χ2v) is 6.74. The molecule has 0 spiro atoms. The lowest BCUT2D eigenvalue weighted by molar-refractivity contribution is -0.0667. The number of nitriles is 1. The van der Waals surface area contributed by atoms with Gasteiger partial charge in [0.05, 0.1) is 11.6 Å². The van der Waals surface area contributed by atoms with Crippen LogP contribution >= 0.6 is 0 Å². The Morgan fingerprint density at radius 2 is 2.10 bits per heavy atom. The third-order valence-electron chi connectivity index (χ3n) is 4.86. The maximum absolute atomic E-state index is 8.94. The van der Waals surface area contributed by atoms with E-state index in [1.165, 1.54) is 0 Å². The summed E-state index contributed by atoms with van der Waals surface area (Å²) in [5.41, 5.74) is 2.15. The van der Waals surface area contributed by atoms with Gasteiger partial charge in [-0.25, -0.2) is 0 Å². The van der Waals surface area contributed by atoms with Crippen molar-refractivity contribution in [2.24, 2.45) is 10.4 Å². The molecule has 1 N–H and O–H groups in total. The quantitative estimate of drug-likeness (QED) is 0.671. The smallest absolute Gasteiger partial charge is 0.194 e. The average Bonchev–Trinajstić information content (AvgIpc) is 2.47. The molecule has 0 aliphatic carbocycles. The van der Waals surface area contributed by atoms with Crippen molar-refractivity contribution in [2.45, 2.75) is 39.8 Å². The Labute approximate surface area is 127 Å². The Hall–Kier alpha value is -2.02. The van der Waals surface area contributed by atoms with E-state index in [-0.39, 0.29) is 11.0 Å². The van der Waals surface area contributed by atoms with Crippen LogP contribution in [0.5, 0.6) is 0 Å². The molecule has 0 bridgehead atoms. The molecule has 1 aromatic rings. The van der Waals surface area contributed by atoms with Crippen LogP contribution in [0.4, 0.5) is 0 Å². The zero-order valence-corrected chi connectivity index (χ0v) is 13.6. The Balaban J connectivity index is 2.04. The van der Waals surface area contributed by atoms with Crippen LogP contribution in [0, 0.1) is 16.7 Å². The fourth-order valence-electron chi connectivity index (χ4n) is 2.63. The molecule has 1 aromatic carbocycles. The highest BCUT2D eigenvalue weighted by atomic mass is 15.4. The van der Waals surface area contributed by atoms with Gasteiger partial charge in [-0.1, -0.05) is 26.0 Å². The number of nitrogens with one attached hydrogen (secondary N) is 1. The van der Waals surface area contributed by atoms with Crippen LogP contribution in [-0.2, 0) is 6.54 Å². The Morgan fingerprint density at radius 1 is 1.38 bits per heavy atom. The zero-order chi connectivity index (χ0) is 15.7. The lowest BCUT2D eigenvalue weighted by Crippen LogP contribution is -2.72. The maximum Gasteiger partial charge on any atom is 0.194 e. The van der Waals surface area contributed by atoms with Gasteiger partial charge in [-0.15, -0.1) is 0 Å². The monoisotopic (exact) mass is 284 g/mol. The van der Waals surface area contributed by atoms with Gasteiger partial charge in [0, 0.05) is 31.1 Å². The van der Waals surface area contributed by atoms with Crippen LogP contribution in [0.25, 0.3) is 0 Å². The van der Waals surface area contributed by atoms with Gasteiger partial charge in [0.1, 0.15) is 0 Å². The van der Waals surface area contributed by atoms with E-state index in [0.717, 1.165) is 18.1 Å². The van der Waals surface area contributed by atoms with Gasteiger partial charge in [-0.2, -0.15) is 5.26 Å². The summed E-state index contributed by atoms with van der Waals surface area (Å²) < 4.78 is 0. The molecule has 0 radical (unpaired) electrons. The summed E-state index contributed by atoms with van der Waals surface area (Å²) in [5.74, 6) is 0.918. The van der Waals surface area contributed by atoms with Crippen LogP contribution in [0.2, 0.25) is 0 Å². The van der Waals surface area contributed by atoms with Crippen molar-refractivity contribution in [2.75, 3.05) is 13.6 Å². The van der Waals surface area contributed by atoms with Gasteiger partial charge in [0.15, 0.2) is 5.96 Å². The molecule has 0 unspecified atom stereocenters. The molecule has 0 amide bonds. The van der Waals surface area contributed by atoms with E-state index in [0.29, 0.717) is 12.1 Å². The van der Waals surface area contributed by atoms with E-state index in [4.69, 9.17) is 5.26 Å². The minimum absolute atomic E-state index is 0.0867. The van der Waals surface area contributed by atoms with E-state index in [9.17, 15) is 0 Å². The highest BCUT2D eigenvalue weighted by molar-refractivity contribution is 5.82. The molecule has 2 rings (SSSR count). The maximum atomic E-state index is 8.94. The predicted octanol–water partition coefficient (Wildman–Crippen LogP) is 2.75. The Morgan fingerprint density at radius 3 is 2.62 bits per heavy atom. The van der Waals surface area contributed by atoms with Gasteiger partial charge in [-0.3, -0.25) is 4.99 Å². The largest absolute Gasteiger partial charge is 0.352 e. The molecule has 112 valence electrons. The number of likely N-dealkylation sites (tertiary alicyclic amines) is 1. The molecular formula is C17H24N4. The highest BCUT2D eigenvalue weighted by Gasteiger charge is 2.53. The van der Waals surface area contributed by atoms with Crippen molar-refractivity contribution in [3.63, 3.8) is 0 Å². The van der Waals surface area contributed by atoms with Gasteiger partial charge in [-0.05, 0) is 31.5 Å². The van der Waals surface area contributed by atoms with Crippen molar-refractivity contribution >= 4 is 5.96 Å². The number of benzene rings is 1. The number of aliphatic imine (C=N–C) groups is 1. The van der Waals surface area contributed by atoms with Crippen LogP contribution in [0.1, 0.15) is 38.8 Å². The summed E-state index contributed by atoms with van der Waals surface area (Å²) in [7, 11) is 1.81. The Kier molecular flexibility index (Phi) is 3.95. The minimum atomic E-state index is 0.0867. The molecule has 1 heterocycles. The normalized spacial score (nSPS) is 19.6.